The molecule has 0 saturated carbocycles. The van der Waals surface area contributed by atoms with E-state index < -0.39 is 0 Å². The Labute approximate surface area is 182 Å². The van der Waals surface area contributed by atoms with Crippen LogP contribution in [0.15, 0.2) is 72.8 Å². The lowest BCUT2D eigenvalue weighted by Gasteiger charge is -2.17. The minimum atomic E-state index is -0.268. The summed E-state index contributed by atoms with van der Waals surface area (Å²) in [6, 6.07) is 21.7. The third-order valence-corrected chi connectivity index (χ3v) is 4.87. The lowest BCUT2D eigenvalue weighted by Crippen LogP contribution is -2.31. The second kappa shape index (κ2) is 10.3. The zero-order valence-electron chi connectivity index (χ0n) is 17.8. The fraction of sp³-hybridized carbons (Fsp3) is 0.200. The highest BCUT2D eigenvalue weighted by Gasteiger charge is 2.13. The lowest BCUT2D eigenvalue weighted by atomic mass is 10.0. The molecule has 0 bridgehead atoms. The summed E-state index contributed by atoms with van der Waals surface area (Å²) in [6.45, 7) is 3.87. The summed E-state index contributed by atoms with van der Waals surface area (Å²) in [5.41, 5.74) is 3.26. The molecule has 1 atom stereocenters. The second-order valence-corrected chi connectivity index (χ2v) is 7.11. The number of carbonyl (C=O) groups excluding carboxylic acids is 2. The molecule has 0 spiro atoms. The smallest absolute Gasteiger partial charge is 0.259 e. The Hall–Kier alpha value is -3.80. The van der Waals surface area contributed by atoms with E-state index in [9.17, 15) is 9.59 Å². The molecular formula is C25H26N2O4. The van der Waals surface area contributed by atoms with Gasteiger partial charge in [-0.25, -0.2) is 0 Å². The first-order valence-electron chi connectivity index (χ1n) is 10.00. The van der Waals surface area contributed by atoms with Gasteiger partial charge in [0.15, 0.2) is 6.61 Å². The molecule has 0 fully saturated rings. The van der Waals surface area contributed by atoms with Gasteiger partial charge in [-0.1, -0.05) is 36.4 Å². The van der Waals surface area contributed by atoms with Crippen molar-refractivity contribution in [3.8, 4) is 11.5 Å². The zero-order chi connectivity index (χ0) is 22.2. The van der Waals surface area contributed by atoms with Crippen molar-refractivity contribution >= 4 is 17.5 Å². The van der Waals surface area contributed by atoms with Crippen LogP contribution in [0.4, 0.5) is 5.69 Å². The van der Waals surface area contributed by atoms with Gasteiger partial charge in [0.2, 0.25) is 0 Å². The van der Waals surface area contributed by atoms with Crippen molar-refractivity contribution in [2.75, 3.05) is 19.0 Å². The van der Waals surface area contributed by atoms with Crippen molar-refractivity contribution in [1.29, 1.82) is 0 Å². The van der Waals surface area contributed by atoms with Gasteiger partial charge < -0.3 is 20.1 Å². The number of hydrogen-bond donors (Lipinski definition) is 2. The number of amides is 2. The van der Waals surface area contributed by atoms with Crippen LogP contribution in [0.2, 0.25) is 0 Å². The molecular weight excluding hydrogens is 392 g/mol. The largest absolute Gasteiger partial charge is 0.496 e. The molecule has 31 heavy (non-hydrogen) atoms. The Bertz CT molecular complexity index is 1050. The molecule has 2 amide bonds. The van der Waals surface area contributed by atoms with Crippen molar-refractivity contribution in [2.45, 2.75) is 19.9 Å². The molecule has 0 aliphatic heterocycles. The van der Waals surface area contributed by atoms with E-state index in [1.54, 1.807) is 48.5 Å². The molecule has 6 nitrogen and oxygen atoms in total. The minimum Gasteiger partial charge on any atom is -0.496 e. The summed E-state index contributed by atoms with van der Waals surface area (Å²) in [5.74, 6) is 0.569. The normalized spacial score (nSPS) is 11.3. The molecule has 0 aliphatic carbocycles. The number of nitrogens with one attached hydrogen (secondary N) is 2. The van der Waals surface area contributed by atoms with Crippen molar-refractivity contribution in [3.63, 3.8) is 0 Å². The molecule has 160 valence electrons. The maximum Gasteiger partial charge on any atom is 0.259 e. The number of methoxy groups -OCH3 is 1. The molecule has 0 aliphatic rings. The van der Waals surface area contributed by atoms with Crippen LogP contribution < -0.4 is 20.1 Å². The highest BCUT2D eigenvalue weighted by Crippen LogP contribution is 2.21. The third-order valence-electron chi connectivity index (χ3n) is 4.87. The maximum atomic E-state index is 12.5. The molecule has 3 aromatic carbocycles. The van der Waals surface area contributed by atoms with E-state index in [-0.39, 0.29) is 24.5 Å². The fourth-order valence-corrected chi connectivity index (χ4v) is 3.25. The number of benzene rings is 3. The van der Waals surface area contributed by atoms with Crippen LogP contribution in [0.5, 0.6) is 11.5 Å². The van der Waals surface area contributed by atoms with Crippen LogP contribution in [-0.4, -0.2) is 25.5 Å². The van der Waals surface area contributed by atoms with Crippen molar-refractivity contribution in [1.82, 2.24) is 5.32 Å². The SMILES string of the molecule is COc1ccccc1C(=O)Nc1ccc(OCC(=O)N[C@@H](C)c2ccccc2C)cc1. The summed E-state index contributed by atoms with van der Waals surface area (Å²) in [4.78, 5) is 24.7. The molecule has 0 radical (unpaired) electrons. The Balaban J connectivity index is 1.52. The number of carbonyl (C=O) groups is 2. The lowest BCUT2D eigenvalue weighted by molar-refractivity contribution is -0.123. The molecule has 3 aromatic rings. The van der Waals surface area contributed by atoms with E-state index in [1.165, 1.54) is 7.11 Å². The van der Waals surface area contributed by atoms with Crippen LogP contribution in [-0.2, 0) is 4.79 Å². The van der Waals surface area contributed by atoms with Gasteiger partial charge in [0.1, 0.15) is 11.5 Å². The van der Waals surface area contributed by atoms with Crippen LogP contribution in [0.25, 0.3) is 0 Å². The van der Waals surface area contributed by atoms with Gasteiger partial charge in [-0.05, 0) is 61.4 Å². The number of hydrogen-bond acceptors (Lipinski definition) is 4. The van der Waals surface area contributed by atoms with Crippen molar-refractivity contribution in [3.05, 3.63) is 89.5 Å². The molecule has 0 saturated heterocycles. The number of anilines is 1. The van der Waals surface area contributed by atoms with Gasteiger partial charge >= 0.3 is 0 Å². The predicted octanol–water partition coefficient (Wildman–Crippen LogP) is 4.51. The number of para-hydroxylation sites is 1. The average Bonchev–Trinajstić information content (AvgIpc) is 2.78. The molecule has 0 aromatic heterocycles. The van der Waals surface area contributed by atoms with E-state index in [0.717, 1.165) is 11.1 Å². The molecule has 2 N–H and O–H groups in total. The maximum absolute atomic E-state index is 12.5. The predicted molar refractivity (Wildman–Crippen MR) is 121 cm³/mol. The molecule has 6 heteroatoms. The van der Waals surface area contributed by atoms with Crippen molar-refractivity contribution < 1.29 is 19.1 Å². The zero-order valence-corrected chi connectivity index (χ0v) is 17.8. The van der Waals surface area contributed by atoms with Crippen molar-refractivity contribution in [2.24, 2.45) is 0 Å². The second-order valence-electron chi connectivity index (χ2n) is 7.11. The van der Waals surface area contributed by atoms with Crippen LogP contribution in [0.3, 0.4) is 0 Å². The van der Waals surface area contributed by atoms with E-state index >= 15 is 0 Å². The standard InChI is InChI=1S/C25H26N2O4/c1-17-8-4-5-9-21(17)18(2)26-24(28)16-31-20-14-12-19(13-15-20)27-25(29)22-10-6-7-11-23(22)30-3/h4-15,18H,16H2,1-3H3,(H,26,28)(H,27,29)/t18-/m0/s1. The van der Waals surface area contributed by atoms with Gasteiger partial charge in [-0.3, -0.25) is 9.59 Å². The first-order valence-corrected chi connectivity index (χ1v) is 10.00. The highest BCUT2D eigenvalue weighted by molar-refractivity contribution is 6.06. The summed E-state index contributed by atoms with van der Waals surface area (Å²) in [5, 5.41) is 5.76. The quantitative estimate of drug-likeness (QED) is 0.564. The first kappa shape index (κ1) is 21.9. The number of rotatable bonds is 8. The van der Waals surface area contributed by atoms with E-state index in [4.69, 9.17) is 9.47 Å². The Morgan fingerprint density at radius 2 is 1.61 bits per heavy atom. The van der Waals surface area contributed by atoms with Gasteiger partial charge in [0.25, 0.3) is 11.8 Å². The van der Waals surface area contributed by atoms with Gasteiger partial charge in [0.05, 0.1) is 18.7 Å². The Morgan fingerprint density at radius 3 is 2.32 bits per heavy atom. The van der Waals surface area contributed by atoms with Gasteiger partial charge in [0, 0.05) is 5.69 Å². The molecule has 0 unspecified atom stereocenters. The van der Waals surface area contributed by atoms with Crippen LogP contribution in [0.1, 0.15) is 34.5 Å². The average molecular weight is 418 g/mol. The van der Waals surface area contributed by atoms with Crippen LogP contribution in [0, 0.1) is 6.92 Å². The highest BCUT2D eigenvalue weighted by atomic mass is 16.5. The molecule has 3 rings (SSSR count). The number of ether oxygens (including phenoxy) is 2. The third kappa shape index (κ3) is 5.85. The minimum absolute atomic E-state index is 0.0941. The summed E-state index contributed by atoms with van der Waals surface area (Å²) in [6.07, 6.45) is 0. The Kier molecular flexibility index (Phi) is 7.27. The first-order chi connectivity index (χ1) is 15.0. The fourth-order valence-electron chi connectivity index (χ4n) is 3.25. The summed E-state index contributed by atoms with van der Waals surface area (Å²) >= 11 is 0. The van der Waals surface area contributed by atoms with E-state index in [1.807, 2.05) is 38.1 Å². The van der Waals surface area contributed by atoms with E-state index in [0.29, 0.717) is 22.7 Å². The van der Waals surface area contributed by atoms with Gasteiger partial charge in [-0.2, -0.15) is 0 Å². The molecule has 0 heterocycles. The summed E-state index contributed by atoms with van der Waals surface area (Å²) < 4.78 is 10.8. The topological polar surface area (TPSA) is 76.7 Å². The summed E-state index contributed by atoms with van der Waals surface area (Å²) in [7, 11) is 1.52. The van der Waals surface area contributed by atoms with Gasteiger partial charge in [-0.15, -0.1) is 0 Å². The van der Waals surface area contributed by atoms with E-state index in [2.05, 4.69) is 10.6 Å². The van der Waals surface area contributed by atoms with Crippen LogP contribution >= 0.6 is 0 Å². The Morgan fingerprint density at radius 1 is 0.935 bits per heavy atom. The monoisotopic (exact) mass is 418 g/mol. The number of aryl methyl sites for hydroxylation is 1.